The first-order chi connectivity index (χ1) is 10.1. The first-order valence-corrected chi connectivity index (χ1v) is 8.07. The van der Waals surface area contributed by atoms with Crippen molar-refractivity contribution in [3.05, 3.63) is 17.0 Å². The van der Waals surface area contributed by atoms with Crippen molar-refractivity contribution in [2.24, 2.45) is 7.05 Å². The summed E-state index contributed by atoms with van der Waals surface area (Å²) in [4.78, 5) is 17.2. The maximum absolute atomic E-state index is 12.6. The maximum atomic E-state index is 12.6. The largest absolute Gasteiger partial charge is 0.341 e. The number of rotatable bonds is 3. The zero-order valence-electron chi connectivity index (χ0n) is 13.4. The molecule has 2 aliphatic rings. The van der Waals surface area contributed by atoms with E-state index in [0.29, 0.717) is 12.5 Å². The van der Waals surface area contributed by atoms with Crippen molar-refractivity contribution < 1.29 is 4.79 Å². The number of carbonyl (C=O) groups excluding carboxylic acids is 1. The van der Waals surface area contributed by atoms with Crippen molar-refractivity contribution in [2.45, 2.75) is 45.6 Å². The summed E-state index contributed by atoms with van der Waals surface area (Å²) in [6, 6.07) is 0.590. The van der Waals surface area contributed by atoms with Gasteiger partial charge in [-0.1, -0.05) is 0 Å². The maximum Gasteiger partial charge on any atom is 0.227 e. The number of amides is 1. The molecule has 0 unspecified atom stereocenters. The van der Waals surface area contributed by atoms with E-state index in [2.05, 4.69) is 14.9 Å². The number of hydrogen-bond donors (Lipinski definition) is 0. The van der Waals surface area contributed by atoms with Crippen LogP contribution in [0.25, 0.3) is 0 Å². The average Bonchev–Trinajstić information content (AvgIpc) is 3.15. The molecule has 0 saturated carbocycles. The number of carbonyl (C=O) groups is 1. The van der Waals surface area contributed by atoms with Gasteiger partial charge in [-0.2, -0.15) is 5.10 Å². The Labute approximate surface area is 126 Å². The lowest BCUT2D eigenvalue weighted by molar-refractivity contribution is -0.129. The summed E-state index contributed by atoms with van der Waals surface area (Å²) in [6.45, 7) is 8.29. The van der Waals surface area contributed by atoms with Crippen LogP contribution in [0, 0.1) is 13.8 Å². The summed E-state index contributed by atoms with van der Waals surface area (Å²) >= 11 is 0. The standard InChI is InChI=1S/C16H26N4O/c1-12-15(13(2)18(3)17-12)10-16(21)20-9-6-14(11-20)19-7-4-5-8-19/h14H,4-11H2,1-3H3/t14-/m0/s1. The fourth-order valence-electron chi connectivity index (χ4n) is 3.71. The first-order valence-electron chi connectivity index (χ1n) is 8.07. The van der Waals surface area contributed by atoms with Crippen LogP contribution in [0.1, 0.15) is 36.2 Å². The van der Waals surface area contributed by atoms with Gasteiger partial charge >= 0.3 is 0 Å². The van der Waals surface area contributed by atoms with Gasteiger partial charge in [0.2, 0.25) is 5.91 Å². The highest BCUT2D eigenvalue weighted by atomic mass is 16.2. The minimum absolute atomic E-state index is 0.260. The molecule has 2 fully saturated rings. The van der Waals surface area contributed by atoms with E-state index in [4.69, 9.17) is 0 Å². The SMILES string of the molecule is Cc1nn(C)c(C)c1CC(=O)N1CC[C@H](N2CCCC2)C1. The molecule has 1 atom stereocenters. The zero-order chi connectivity index (χ0) is 15.0. The van der Waals surface area contributed by atoms with Crippen LogP contribution in [-0.4, -0.2) is 57.7 Å². The molecule has 21 heavy (non-hydrogen) atoms. The molecule has 5 nitrogen and oxygen atoms in total. The third-order valence-electron chi connectivity index (χ3n) is 5.16. The molecule has 1 amide bonds. The van der Waals surface area contributed by atoms with Crippen molar-refractivity contribution in [3.63, 3.8) is 0 Å². The summed E-state index contributed by atoms with van der Waals surface area (Å²) in [5, 5.41) is 4.41. The smallest absolute Gasteiger partial charge is 0.227 e. The third-order valence-corrected chi connectivity index (χ3v) is 5.16. The van der Waals surface area contributed by atoms with Crippen LogP contribution in [0.5, 0.6) is 0 Å². The summed E-state index contributed by atoms with van der Waals surface area (Å²) in [6.07, 6.45) is 4.27. The van der Waals surface area contributed by atoms with E-state index in [0.717, 1.165) is 36.5 Å². The van der Waals surface area contributed by atoms with Crippen molar-refractivity contribution in [2.75, 3.05) is 26.2 Å². The normalized spacial score (nSPS) is 23.2. The summed E-state index contributed by atoms with van der Waals surface area (Å²) in [5.74, 6) is 0.260. The zero-order valence-corrected chi connectivity index (χ0v) is 13.4. The van der Waals surface area contributed by atoms with E-state index >= 15 is 0 Å². The Morgan fingerprint density at radius 2 is 1.95 bits per heavy atom. The van der Waals surface area contributed by atoms with Gasteiger partial charge in [0.05, 0.1) is 12.1 Å². The monoisotopic (exact) mass is 290 g/mol. The second-order valence-electron chi connectivity index (χ2n) is 6.48. The van der Waals surface area contributed by atoms with E-state index in [1.165, 1.54) is 25.9 Å². The molecule has 2 saturated heterocycles. The molecule has 5 heteroatoms. The number of nitrogens with zero attached hydrogens (tertiary/aromatic N) is 4. The van der Waals surface area contributed by atoms with Gasteiger partial charge < -0.3 is 4.90 Å². The minimum atomic E-state index is 0.260. The van der Waals surface area contributed by atoms with Gasteiger partial charge in [-0.3, -0.25) is 14.4 Å². The molecular formula is C16H26N4O. The van der Waals surface area contributed by atoms with Gasteiger partial charge in [0.1, 0.15) is 0 Å². The van der Waals surface area contributed by atoms with Crippen molar-refractivity contribution in [1.82, 2.24) is 19.6 Å². The van der Waals surface area contributed by atoms with Gasteiger partial charge in [-0.15, -0.1) is 0 Å². The summed E-state index contributed by atoms with van der Waals surface area (Å²) < 4.78 is 1.87. The molecule has 2 aliphatic heterocycles. The van der Waals surface area contributed by atoms with Crippen molar-refractivity contribution in [1.29, 1.82) is 0 Å². The van der Waals surface area contributed by atoms with Crippen LogP contribution in [0.4, 0.5) is 0 Å². The van der Waals surface area contributed by atoms with Crippen LogP contribution < -0.4 is 0 Å². The van der Waals surface area contributed by atoms with Gasteiger partial charge in [0.15, 0.2) is 0 Å². The topological polar surface area (TPSA) is 41.4 Å². The van der Waals surface area contributed by atoms with E-state index < -0.39 is 0 Å². The molecule has 0 bridgehead atoms. The molecule has 0 aromatic carbocycles. The molecule has 1 aromatic rings. The quantitative estimate of drug-likeness (QED) is 0.842. The Morgan fingerprint density at radius 1 is 1.24 bits per heavy atom. The summed E-state index contributed by atoms with van der Waals surface area (Å²) in [5.41, 5.74) is 3.20. The van der Waals surface area contributed by atoms with Crippen LogP contribution in [-0.2, 0) is 18.3 Å². The Morgan fingerprint density at radius 3 is 2.57 bits per heavy atom. The minimum Gasteiger partial charge on any atom is -0.341 e. The van der Waals surface area contributed by atoms with Gasteiger partial charge in [0, 0.05) is 37.4 Å². The highest BCUT2D eigenvalue weighted by molar-refractivity contribution is 5.79. The Bertz CT molecular complexity index is 531. The van der Waals surface area contributed by atoms with Crippen molar-refractivity contribution in [3.8, 4) is 0 Å². The number of hydrogen-bond acceptors (Lipinski definition) is 3. The highest BCUT2D eigenvalue weighted by Gasteiger charge is 2.31. The number of likely N-dealkylation sites (tertiary alicyclic amines) is 2. The Kier molecular flexibility index (Phi) is 4.02. The van der Waals surface area contributed by atoms with E-state index in [1.807, 2.05) is 25.6 Å². The summed E-state index contributed by atoms with van der Waals surface area (Å²) in [7, 11) is 1.94. The lowest BCUT2D eigenvalue weighted by atomic mass is 10.1. The van der Waals surface area contributed by atoms with Crippen LogP contribution in [0.2, 0.25) is 0 Å². The Balaban J connectivity index is 1.61. The number of aryl methyl sites for hydroxylation is 2. The van der Waals surface area contributed by atoms with E-state index in [1.54, 1.807) is 0 Å². The van der Waals surface area contributed by atoms with Crippen LogP contribution in [0.3, 0.4) is 0 Å². The predicted molar refractivity (Wildman–Crippen MR) is 82.2 cm³/mol. The molecule has 0 N–H and O–H groups in total. The lowest BCUT2D eigenvalue weighted by Crippen LogP contribution is -2.37. The van der Waals surface area contributed by atoms with Crippen molar-refractivity contribution >= 4 is 5.91 Å². The third kappa shape index (κ3) is 2.84. The molecule has 0 radical (unpaired) electrons. The molecule has 3 rings (SSSR count). The Hall–Kier alpha value is -1.36. The highest BCUT2D eigenvalue weighted by Crippen LogP contribution is 2.22. The molecule has 0 spiro atoms. The second-order valence-corrected chi connectivity index (χ2v) is 6.48. The molecular weight excluding hydrogens is 264 g/mol. The molecule has 1 aromatic heterocycles. The number of aromatic nitrogens is 2. The van der Waals surface area contributed by atoms with E-state index in [-0.39, 0.29) is 5.91 Å². The predicted octanol–water partition coefficient (Wildman–Crippen LogP) is 1.28. The van der Waals surface area contributed by atoms with Gasteiger partial charge in [-0.25, -0.2) is 0 Å². The lowest BCUT2D eigenvalue weighted by Gasteiger charge is -2.23. The second kappa shape index (κ2) is 5.79. The molecule has 116 valence electrons. The van der Waals surface area contributed by atoms with Crippen LogP contribution in [0.15, 0.2) is 0 Å². The average molecular weight is 290 g/mol. The van der Waals surface area contributed by atoms with E-state index in [9.17, 15) is 4.79 Å². The first kappa shape index (κ1) is 14.6. The molecule has 0 aliphatic carbocycles. The fraction of sp³-hybridized carbons (Fsp3) is 0.750. The fourth-order valence-corrected chi connectivity index (χ4v) is 3.71. The molecule has 3 heterocycles. The van der Waals surface area contributed by atoms with Crippen LogP contribution >= 0.6 is 0 Å². The van der Waals surface area contributed by atoms with Gasteiger partial charge in [-0.05, 0) is 46.2 Å². The van der Waals surface area contributed by atoms with Gasteiger partial charge in [0.25, 0.3) is 0 Å².